The highest BCUT2D eigenvalue weighted by Gasteiger charge is 2.44. The Balaban J connectivity index is 0.656. The molecule has 0 atom stereocenters. The molecule has 16 heteroatoms. The first-order chi connectivity index (χ1) is 38.8. The minimum atomic E-state index is -1.97. The van der Waals surface area contributed by atoms with Gasteiger partial charge in [-0.05, 0) is 194 Å². The number of nitrogens with one attached hydrogen (secondary N) is 2. The number of aromatic hydroxyl groups is 1. The number of thiophene rings is 8. The van der Waals surface area contributed by atoms with Crippen molar-refractivity contribution in [1.82, 2.24) is 0 Å². The molecule has 81 heavy (non-hydrogen) atoms. The first kappa shape index (κ1) is 52.0. The summed E-state index contributed by atoms with van der Waals surface area (Å²) in [5.74, 6) is 2.03. The van der Waals surface area contributed by atoms with Gasteiger partial charge in [-0.3, -0.25) is 10.8 Å². The van der Waals surface area contributed by atoms with Gasteiger partial charge in [-0.2, -0.15) is 0 Å². The summed E-state index contributed by atoms with van der Waals surface area (Å²) in [7, 11) is -4.03. The van der Waals surface area contributed by atoms with E-state index in [1.54, 1.807) is 53.3 Å². The Morgan fingerprint density at radius 2 is 0.691 bits per heavy atom. The van der Waals surface area contributed by atoms with Gasteiger partial charge >= 0.3 is 0 Å². The smallest absolute Gasteiger partial charge is 0.181 e. The number of benzene rings is 3. The van der Waals surface area contributed by atoms with Gasteiger partial charge in [0.2, 0.25) is 0 Å². The molecule has 11 heterocycles. The second kappa shape index (κ2) is 18.6. The number of rotatable bonds is 10. The lowest BCUT2D eigenvalue weighted by molar-refractivity contribution is 0.415. The van der Waals surface area contributed by atoms with Crippen LogP contribution in [0.15, 0.2) is 133 Å². The van der Waals surface area contributed by atoms with Gasteiger partial charge in [-0.25, -0.2) is 0 Å². The van der Waals surface area contributed by atoms with E-state index >= 15 is 0 Å². The molecule has 400 valence electrons. The highest BCUT2D eigenvalue weighted by atomic mass is 32.1. The number of methoxy groups -OCH3 is 1. The van der Waals surface area contributed by atoms with Crippen LogP contribution in [0.2, 0.25) is 39.3 Å². The van der Waals surface area contributed by atoms with E-state index in [-0.39, 0.29) is 17.2 Å². The third-order valence-electron chi connectivity index (χ3n) is 16.9. The number of fused-ring (bicyclic) bond motifs is 9. The second-order valence-corrected chi connectivity index (χ2v) is 44.4. The predicted molar refractivity (Wildman–Crippen MR) is 365 cm³/mol. The predicted octanol–water partition coefficient (Wildman–Crippen LogP) is 17.6. The molecule has 0 saturated carbocycles. The quantitative estimate of drug-likeness (QED) is 0.0942. The van der Waals surface area contributed by atoms with Crippen LogP contribution in [0.1, 0.15) is 20.9 Å². The minimum absolute atomic E-state index is 0.278. The summed E-state index contributed by atoms with van der Waals surface area (Å²) < 4.78 is 12.0. The molecule has 4 aliphatic rings. The van der Waals surface area contributed by atoms with Gasteiger partial charge in [0.05, 0.1) is 18.5 Å². The van der Waals surface area contributed by atoms with Crippen LogP contribution < -0.4 is 40.6 Å². The number of aryl methyl sites for hydroxylation is 2. The molecule has 0 fully saturated rings. The van der Waals surface area contributed by atoms with Crippen LogP contribution in [0.3, 0.4) is 0 Å². The lowest BCUT2D eigenvalue weighted by atomic mass is 9.92. The fraction of sp³-hybridized carbons (Fsp3) is 0.138. The monoisotopic (exact) mass is 1250 g/mol. The maximum atomic E-state index is 9.91. The van der Waals surface area contributed by atoms with E-state index in [1.165, 1.54) is 117 Å². The van der Waals surface area contributed by atoms with Gasteiger partial charge in [0.1, 0.15) is 41.5 Å². The van der Waals surface area contributed by atoms with E-state index in [0.717, 1.165) is 43.0 Å². The Hall–Kier alpha value is -5.87. The summed E-state index contributed by atoms with van der Waals surface area (Å²) in [5, 5.41) is 38.8. The van der Waals surface area contributed by atoms with E-state index in [0.29, 0.717) is 0 Å². The molecule has 3 aliphatic heterocycles. The Morgan fingerprint density at radius 1 is 0.370 bits per heavy atom. The molecule has 0 radical (unpaired) electrons. The first-order valence-electron chi connectivity index (χ1n) is 26.8. The van der Waals surface area contributed by atoms with Crippen molar-refractivity contribution in [2.75, 3.05) is 7.11 Å². The molecule has 11 aromatic rings. The summed E-state index contributed by atoms with van der Waals surface area (Å²) in [6.45, 7) is 19.3. The maximum absolute atomic E-state index is 9.91. The van der Waals surface area contributed by atoms with E-state index in [2.05, 4.69) is 150 Å². The molecular weight excluding hydrogens is 1200 g/mol. The van der Waals surface area contributed by atoms with E-state index in [1.807, 2.05) is 80.9 Å². The summed E-state index contributed by atoms with van der Waals surface area (Å²) in [5.41, 5.74) is 8.21. The summed E-state index contributed by atoms with van der Waals surface area (Å²) >= 11 is 14.8. The van der Waals surface area contributed by atoms with Crippen molar-refractivity contribution in [3.63, 3.8) is 0 Å². The van der Waals surface area contributed by atoms with Crippen LogP contribution in [0, 0.1) is 24.7 Å². The first-order valence-corrected chi connectivity index (χ1v) is 42.3. The zero-order chi connectivity index (χ0) is 55.8. The average Bonchev–Trinajstić information content (AvgIpc) is 4.42. The zero-order valence-electron chi connectivity index (χ0n) is 45.7. The van der Waals surface area contributed by atoms with Crippen LogP contribution in [0.4, 0.5) is 0 Å². The van der Waals surface area contributed by atoms with Gasteiger partial charge < -0.3 is 14.6 Å². The third-order valence-corrected chi connectivity index (χ3v) is 38.7. The Labute approximate surface area is 506 Å². The van der Waals surface area contributed by atoms with Crippen LogP contribution in [0.25, 0.3) is 91.2 Å². The topological polar surface area (TPSA) is 86.4 Å². The van der Waals surface area contributed by atoms with Crippen molar-refractivity contribution in [3.05, 3.63) is 154 Å². The second-order valence-electron chi connectivity index (χ2n) is 23.0. The van der Waals surface area contributed by atoms with Crippen molar-refractivity contribution in [2.24, 2.45) is 0 Å². The Morgan fingerprint density at radius 3 is 1.09 bits per heavy atom. The summed E-state index contributed by atoms with van der Waals surface area (Å²) in [4.78, 5) is 19.5. The average molecular weight is 1250 g/mol. The van der Waals surface area contributed by atoms with Crippen LogP contribution >= 0.6 is 90.7 Å². The molecule has 3 N–H and O–H groups in total. The molecular formula is C65H52N2O3S8Si3. The van der Waals surface area contributed by atoms with Gasteiger partial charge in [0.15, 0.2) is 5.06 Å². The zero-order valence-corrected chi connectivity index (χ0v) is 55.3. The number of phenols is 1. The number of phenolic OH excluding ortho intramolecular Hbond substituents is 1. The van der Waals surface area contributed by atoms with E-state index in [4.69, 9.17) is 9.47 Å². The number of allylic oxidation sites excluding steroid dienone is 4. The van der Waals surface area contributed by atoms with Crippen LogP contribution in [-0.4, -0.2) is 47.9 Å². The van der Waals surface area contributed by atoms with Crippen molar-refractivity contribution < 1.29 is 14.6 Å². The van der Waals surface area contributed by atoms with Crippen molar-refractivity contribution in [2.45, 2.75) is 53.1 Å². The van der Waals surface area contributed by atoms with E-state index in [9.17, 15) is 15.9 Å². The summed E-state index contributed by atoms with van der Waals surface area (Å²) in [6.07, 6.45) is 4.15. The number of hydrogen-bond donors (Lipinski definition) is 3. The van der Waals surface area contributed by atoms with Crippen LogP contribution in [-0.2, 0) is 0 Å². The molecule has 3 aromatic carbocycles. The van der Waals surface area contributed by atoms with Gasteiger partial charge in [0, 0.05) is 84.3 Å². The minimum Gasteiger partial charge on any atom is -0.508 e. The lowest BCUT2D eigenvalue weighted by Crippen LogP contribution is -2.48. The Kier molecular flexibility index (Phi) is 11.9. The van der Waals surface area contributed by atoms with Gasteiger partial charge in [0.25, 0.3) is 0 Å². The lowest BCUT2D eigenvalue weighted by Gasteiger charge is -2.16. The Bertz CT molecular complexity index is 4580. The fourth-order valence-corrected chi connectivity index (χ4v) is 36.4. The summed E-state index contributed by atoms with van der Waals surface area (Å²) in [6, 6.07) is 43.7. The fourth-order valence-electron chi connectivity index (χ4n) is 12.2. The van der Waals surface area contributed by atoms with Crippen molar-refractivity contribution in [1.29, 1.82) is 10.8 Å². The highest BCUT2D eigenvalue weighted by Crippen LogP contribution is 2.51. The molecule has 0 saturated heterocycles. The van der Waals surface area contributed by atoms with Gasteiger partial charge in [-0.15, -0.1) is 79.4 Å². The maximum Gasteiger partial charge on any atom is 0.181 e. The number of hydrogen-bond acceptors (Lipinski definition) is 13. The van der Waals surface area contributed by atoms with Gasteiger partial charge in [-0.1, -0.05) is 62.8 Å². The molecule has 15 rings (SSSR count). The molecule has 8 aromatic heterocycles. The van der Waals surface area contributed by atoms with Crippen LogP contribution in [0.5, 0.6) is 22.3 Å². The highest BCUT2D eigenvalue weighted by molar-refractivity contribution is 7.34. The molecule has 0 spiro atoms. The van der Waals surface area contributed by atoms with E-state index < -0.39 is 24.2 Å². The third kappa shape index (κ3) is 8.03. The molecule has 1 aliphatic carbocycles. The molecule has 0 amide bonds. The largest absolute Gasteiger partial charge is 0.508 e. The standard InChI is InChI=1S/C65H52N2O3S8Si3/c1-32-24-45(74-58(32)47-29-52-62(76-47)60-49(79(52,4)5)26-42(71-60)34-10-16-37(68)17-11-34)40-22-23-41(57(67)56(40)66)46-25-33(2)59(75-46)48-30-53-63(77-48)61-50(80(53,6)7)27-44(72-61)36-14-20-39(21-15-36)70-55-31-54-65(78-55)64-51(81(54,8)9)28-43(73-64)35-12-18-38(69-3)19-13-35/h10-31,66-68H,1-9H3. The van der Waals surface area contributed by atoms with Crippen molar-refractivity contribution >= 4 is 169 Å². The molecule has 5 nitrogen and oxygen atoms in total. The number of ether oxygens (including phenoxy) is 2. The SMILES string of the molecule is COc1ccc(-c2cc3c(s2)-c2sc(Oc4ccc(-c5cc6c(s5)-c5sc(-c7sc(C8=CC=C(c9cc(C)c(-c%10cc%11c(s%10)-c%10sc(-c%12ccc(O)cc%12)cc%10[Si]%11(C)C)s9)C(=N)C8=N)cc7C)cc5[Si]6(C)C)cc4)cc2[Si]3(C)C)cc1. The molecule has 0 bridgehead atoms. The van der Waals surface area contributed by atoms with Crippen molar-refractivity contribution in [3.8, 4) is 102 Å². The molecule has 0 unspecified atom stereocenters. The normalized spacial score (nSPS) is 15.8.